The molecular weight excluding hydrogens is 226 g/mol. The van der Waals surface area contributed by atoms with E-state index in [1.807, 2.05) is 65.0 Å². The summed E-state index contributed by atoms with van der Waals surface area (Å²) in [6.07, 6.45) is 0.438. The van der Waals surface area contributed by atoms with Gasteiger partial charge in [-0.25, -0.2) is 5.06 Å². The number of hydrogen-bond acceptors (Lipinski definition) is 2. The van der Waals surface area contributed by atoms with E-state index in [1.165, 1.54) is 5.06 Å². The van der Waals surface area contributed by atoms with E-state index >= 15 is 0 Å². The quantitative estimate of drug-likeness (QED) is 0.761. The lowest BCUT2D eigenvalue weighted by Crippen LogP contribution is -2.39. The Morgan fingerprint density at radius 3 is 2.28 bits per heavy atom. The zero-order valence-corrected chi connectivity index (χ0v) is 11.9. The SMILES string of the molecule is CCC(=O)N(OC(C)(C)C)C(C)c1ccccc1. The summed E-state index contributed by atoms with van der Waals surface area (Å²) in [5.41, 5.74) is 0.692. The fraction of sp³-hybridized carbons (Fsp3) is 0.533. The minimum atomic E-state index is -0.381. The molecule has 1 rings (SSSR count). The summed E-state index contributed by atoms with van der Waals surface area (Å²) in [5.74, 6) is 0.00118. The number of amides is 1. The molecule has 0 aliphatic rings. The molecular formula is C15H23NO2. The largest absolute Gasteiger partial charge is 0.273 e. The summed E-state index contributed by atoms with van der Waals surface area (Å²) >= 11 is 0. The molecule has 0 bridgehead atoms. The Morgan fingerprint density at radius 1 is 1.28 bits per heavy atom. The van der Waals surface area contributed by atoms with Gasteiger partial charge in [0.15, 0.2) is 0 Å². The number of rotatable bonds is 4. The van der Waals surface area contributed by atoms with Gasteiger partial charge in [0.1, 0.15) is 0 Å². The maximum atomic E-state index is 12.0. The van der Waals surface area contributed by atoms with Gasteiger partial charge in [0.05, 0.1) is 11.6 Å². The van der Waals surface area contributed by atoms with Gasteiger partial charge in [-0.3, -0.25) is 9.63 Å². The van der Waals surface area contributed by atoms with Gasteiger partial charge >= 0.3 is 0 Å². The van der Waals surface area contributed by atoms with Crippen molar-refractivity contribution in [3.63, 3.8) is 0 Å². The van der Waals surface area contributed by atoms with E-state index in [0.717, 1.165) is 5.56 Å². The van der Waals surface area contributed by atoms with Crippen LogP contribution in [0.15, 0.2) is 30.3 Å². The zero-order chi connectivity index (χ0) is 13.8. The Labute approximate surface area is 110 Å². The van der Waals surface area contributed by atoms with Crippen LogP contribution >= 0.6 is 0 Å². The van der Waals surface area contributed by atoms with Gasteiger partial charge in [0, 0.05) is 6.42 Å². The van der Waals surface area contributed by atoms with Crippen LogP contribution < -0.4 is 0 Å². The summed E-state index contributed by atoms with van der Waals surface area (Å²) in [6, 6.07) is 9.83. The number of nitrogens with zero attached hydrogens (tertiary/aromatic N) is 1. The number of benzene rings is 1. The molecule has 18 heavy (non-hydrogen) atoms. The number of hydrogen-bond donors (Lipinski definition) is 0. The maximum absolute atomic E-state index is 12.0. The smallest absolute Gasteiger partial charge is 0.246 e. The van der Waals surface area contributed by atoms with Crippen LogP contribution in [0.5, 0.6) is 0 Å². The molecule has 0 saturated carbocycles. The Hall–Kier alpha value is -1.35. The fourth-order valence-electron chi connectivity index (χ4n) is 1.66. The second kappa shape index (κ2) is 6.01. The van der Waals surface area contributed by atoms with E-state index in [9.17, 15) is 4.79 Å². The summed E-state index contributed by atoms with van der Waals surface area (Å²) in [5, 5.41) is 1.50. The molecule has 1 atom stereocenters. The zero-order valence-electron chi connectivity index (χ0n) is 11.9. The minimum Gasteiger partial charge on any atom is -0.273 e. The standard InChI is InChI=1S/C15H23NO2/c1-6-14(17)16(18-15(3,4)5)12(2)13-10-8-7-9-11-13/h7-12H,6H2,1-5H3. The highest BCUT2D eigenvalue weighted by molar-refractivity contribution is 5.75. The summed E-state index contributed by atoms with van der Waals surface area (Å²) in [4.78, 5) is 17.8. The molecule has 0 heterocycles. The van der Waals surface area contributed by atoms with Crippen molar-refractivity contribution in [3.05, 3.63) is 35.9 Å². The van der Waals surface area contributed by atoms with E-state index in [4.69, 9.17) is 4.84 Å². The summed E-state index contributed by atoms with van der Waals surface area (Å²) < 4.78 is 0. The average molecular weight is 249 g/mol. The highest BCUT2D eigenvalue weighted by Crippen LogP contribution is 2.24. The van der Waals surface area contributed by atoms with Crippen LogP contribution in [0.2, 0.25) is 0 Å². The minimum absolute atomic E-state index is 0.00118. The molecule has 0 saturated heterocycles. The third kappa shape index (κ3) is 4.15. The predicted molar refractivity (Wildman–Crippen MR) is 72.8 cm³/mol. The lowest BCUT2D eigenvalue weighted by Gasteiger charge is -2.34. The first kappa shape index (κ1) is 14.7. The Morgan fingerprint density at radius 2 is 1.83 bits per heavy atom. The normalized spacial score (nSPS) is 13.2. The van der Waals surface area contributed by atoms with Gasteiger partial charge in [0.2, 0.25) is 5.91 Å². The lowest BCUT2D eigenvalue weighted by molar-refractivity contribution is -0.242. The maximum Gasteiger partial charge on any atom is 0.246 e. The molecule has 0 radical (unpaired) electrons. The Kier molecular flexibility index (Phi) is 4.91. The number of hydroxylamine groups is 2. The molecule has 1 aromatic carbocycles. The van der Waals surface area contributed by atoms with E-state index in [1.54, 1.807) is 0 Å². The van der Waals surface area contributed by atoms with Crippen molar-refractivity contribution in [1.29, 1.82) is 0 Å². The van der Waals surface area contributed by atoms with Gasteiger partial charge in [-0.1, -0.05) is 37.3 Å². The molecule has 1 aromatic rings. The van der Waals surface area contributed by atoms with Gasteiger partial charge in [-0.15, -0.1) is 0 Å². The second-order valence-corrected chi connectivity index (χ2v) is 5.36. The first-order valence-electron chi connectivity index (χ1n) is 6.41. The first-order chi connectivity index (χ1) is 8.35. The van der Waals surface area contributed by atoms with Crippen LogP contribution in [-0.2, 0) is 9.63 Å². The lowest BCUT2D eigenvalue weighted by atomic mass is 10.1. The van der Waals surface area contributed by atoms with Crippen molar-refractivity contribution < 1.29 is 9.63 Å². The summed E-state index contributed by atoms with van der Waals surface area (Å²) in [6.45, 7) is 9.66. The van der Waals surface area contributed by atoms with Crippen molar-refractivity contribution in [3.8, 4) is 0 Å². The molecule has 1 amide bonds. The van der Waals surface area contributed by atoms with E-state index in [2.05, 4.69) is 0 Å². The van der Waals surface area contributed by atoms with Crippen molar-refractivity contribution in [2.24, 2.45) is 0 Å². The fourth-order valence-corrected chi connectivity index (χ4v) is 1.66. The molecule has 0 aliphatic carbocycles. The van der Waals surface area contributed by atoms with Crippen molar-refractivity contribution in [2.75, 3.05) is 0 Å². The van der Waals surface area contributed by atoms with Crippen LogP contribution in [0.4, 0.5) is 0 Å². The molecule has 0 fully saturated rings. The molecule has 0 spiro atoms. The van der Waals surface area contributed by atoms with Gasteiger partial charge in [0.25, 0.3) is 0 Å². The van der Waals surface area contributed by atoms with Crippen LogP contribution in [0.3, 0.4) is 0 Å². The highest BCUT2D eigenvalue weighted by atomic mass is 16.7. The number of carbonyl (C=O) groups excluding carboxylic acids is 1. The topological polar surface area (TPSA) is 29.5 Å². The van der Waals surface area contributed by atoms with Crippen LogP contribution in [0, 0.1) is 0 Å². The van der Waals surface area contributed by atoms with Gasteiger partial charge < -0.3 is 0 Å². The van der Waals surface area contributed by atoms with E-state index in [0.29, 0.717) is 6.42 Å². The molecule has 1 unspecified atom stereocenters. The second-order valence-electron chi connectivity index (χ2n) is 5.36. The average Bonchev–Trinajstić information content (AvgIpc) is 2.34. The predicted octanol–water partition coefficient (Wildman–Crippen LogP) is 3.72. The van der Waals surface area contributed by atoms with Gasteiger partial charge in [-0.2, -0.15) is 0 Å². The van der Waals surface area contributed by atoms with Crippen molar-refractivity contribution in [1.82, 2.24) is 5.06 Å². The third-order valence-corrected chi connectivity index (χ3v) is 2.55. The molecule has 0 N–H and O–H groups in total. The third-order valence-electron chi connectivity index (χ3n) is 2.55. The van der Waals surface area contributed by atoms with Crippen LogP contribution in [0.25, 0.3) is 0 Å². The van der Waals surface area contributed by atoms with E-state index < -0.39 is 0 Å². The Bertz CT molecular complexity index is 381. The highest BCUT2D eigenvalue weighted by Gasteiger charge is 2.26. The molecule has 100 valence electrons. The number of carbonyl (C=O) groups is 1. The Balaban J connectivity index is 2.93. The van der Waals surface area contributed by atoms with E-state index in [-0.39, 0.29) is 17.6 Å². The monoisotopic (exact) mass is 249 g/mol. The molecule has 0 aromatic heterocycles. The van der Waals surface area contributed by atoms with Crippen molar-refractivity contribution >= 4 is 5.91 Å². The van der Waals surface area contributed by atoms with Gasteiger partial charge in [-0.05, 0) is 33.3 Å². The summed E-state index contributed by atoms with van der Waals surface area (Å²) in [7, 11) is 0. The van der Waals surface area contributed by atoms with Crippen LogP contribution in [-0.4, -0.2) is 16.6 Å². The molecule has 0 aliphatic heterocycles. The molecule has 3 nitrogen and oxygen atoms in total. The van der Waals surface area contributed by atoms with Crippen molar-refractivity contribution in [2.45, 2.75) is 52.7 Å². The van der Waals surface area contributed by atoms with Crippen LogP contribution in [0.1, 0.15) is 52.6 Å². The first-order valence-corrected chi connectivity index (χ1v) is 6.41. The molecule has 3 heteroatoms.